The Morgan fingerprint density at radius 3 is 2.36 bits per heavy atom. The Morgan fingerprint density at radius 1 is 0.909 bits per heavy atom. The molecule has 0 radical (unpaired) electrons. The van der Waals surface area contributed by atoms with Gasteiger partial charge in [0, 0.05) is 4.47 Å². The van der Waals surface area contributed by atoms with E-state index in [2.05, 4.69) is 28.1 Å². The number of esters is 1. The van der Waals surface area contributed by atoms with Gasteiger partial charge in [-0.15, -0.1) is 0 Å². The van der Waals surface area contributed by atoms with E-state index < -0.39 is 0 Å². The summed E-state index contributed by atoms with van der Waals surface area (Å²) in [5.74, 6) is -0.287. The predicted molar refractivity (Wildman–Crippen MR) is 93.0 cm³/mol. The monoisotopic (exact) mass is 354 g/mol. The molecular weight excluding hydrogens is 340 g/mol. The summed E-state index contributed by atoms with van der Waals surface area (Å²) < 4.78 is 6.22. The number of hydrogen-bond donors (Lipinski definition) is 0. The van der Waals surface area contributed by atoms with Gasteiger partial charge in [0.15, 0.2) is 0 Å². The van der Waals surface area contributed by atoms with Crippen molar-refractivity contribution < 1.29 is 9.53 Å². The van der Waals surface area contributed by atoms with E-state index in [1.165, 1.54) is 0 Å². The van der Waals surface area contributed by atoms with E-state index >= 15 is 0 Å². The first-order valence-corrected chi connectivity index (χ1v) is 7.95. The van der Waals surface area contributed by atoms with Crippen LogP contribution in [0.5, 0.6) is 0 Å². The van der Waals surface area contributed by atoms with Gasteiger partial charge in [0.1, 0.15) is 0 Å². The number of hydrogen-bond acceptors (Lipinski definition) is 2. The van der Waals surface area contributed by atoms with E-state index in [9.17, 15) is 4.79 Å². The number of ether oxygens (including phenoxy) is 1. The fraction of sp³-hybridized carbons (Fsp3) is 0.105. The predicted octanol–water partition coefficient (Wildman–Crippen LogP) is 5.45. The number of benzene rings is 3. The second-order valence-electron chi connectivity index (χ2n) is 4.91. The van der Waals surface area contributed by atoms with E-state index in [1.54, 1.807) is 0 Å². The first-order chi connectivity index (χ1) is 10.7. The zero-order valence-electron chi connectivity index (χ0n) is 12.2. The third-order valence-electron chi connectivity index (χ3n) is 3.58. The van der Waals surface area contributed by atoms with Crippen LogP contribution in [0.4, 0.5) is 0 Å². The Kier molecular flexibility index (Phi) is 4.25. The van der Waals surface area contributed by atoms with E-state index in [4.69, 9.17) is 4.74 Å². The molecule has 0 fully saturated rings. The summed E-state index contributed by atoms with van der Waals surface area (Å²) >= 11 is 3.58. The zero-order valence-corrected chi connectivity index (χ0v) is 13.8. The Balaban J connectivity index is 2.25. The summed E-state index contributed by atoms with van der Waals surface area (Å²) in [4.78, 5) is 12.2. The quantitative estimate of drug-likeness (QED) is 0.585. The van der Waals surface area contributed by atoms with Crippen LogP contribution in [-0.4, -0.2) is 12.6 Å². The van der Waals surface area contributed by atoms with Crippen molar-refractivity contribution in [2.75, 3.05) is 6.61 Å². The van der Waals surface area contributed by atoms with Crippen LogP contribution in [0.1, 0.15) is 17.3 Å². The lowest BCUT2D eigenvalue weighted by molar-refractivity contribution is 0.0527. The molecule has 0 spiro atoms. The molecule has 0 saturated heterocycles. The molecule has 3 aromatic rings. The lowest BCUT2D eigenvalue weighted by Gasteiger charge is -2.12. The van der Waals surface area contributed by atoms with Crippen LogP contribution >= 0.6 is 15.9 Å². The molecule has 2 nitrogen and oxygen atoms in total. The van der Waals surface area contributed by atoms with Crippen molar-refractivity contribution in [2.45, 2.75) is 6.92 Å². The smallest absolute Gasteiger partial charge is 0.338 e. The lowest BCUT2D eigenvalue weighted by atomic mass is 9.94. The summed E-state index contributed by atoms with van der Waals surface area (Å²) in [5.41, 5.74) is 2.52. The first kappa shape index (κ1) is 14.8. The molecule has 0 unspecified atom stereocenters. The minimum atomic E-state index is -0.287. The molecule has 3 aromatic carbocycles. The van der Waals surface area contributed by atoms with Gasteiger partial charge in [0.25, 0.3) is 0 Å². The average molecular weight is 355 g/mol. The minimum absolute atomic E-state index is 0.287. The Morgan fingerprint density at radius 2 is 1.59 bits per heavy atom. The molecular formula is C19H15BrO2. The van der Waals surface area contributed by atoms with Crippen molar-refractivity contribution in [1.82, 2.24) is 0 Å². The SMILES string of the molecule is CCOC(=O)c1ccccc1-c1ccc(Br)c2ccccc12. The summed E-state index contributed by atoms with van der Waals surface area (Å²) in [5, 5.41) is 2.23. The molecule has 3 rings (SSSR count). The van der Waals surface area contributed by atoms with Gasteiger partial charge in [0.2, 0.25) is 0 Å². The van der Waals surface area contributed by atoms with Gasteiger partial charge < -0.3 is 4.74 Å². The number of carbonyl (C=O) groups is 1. The summed E-state index contributed by atoms with van der Waals surface area (Å²) in [7, 11) is 0. The van der Waals surface area contributed by atoms with Gasteiger partial charge >= 0.3 is 5.97 Å². The van der Waals surface area contributed by atoms with Crippen molar-refractivity contribution >= 4 is 32.7 Å². The maximum atomic E-state index is 12.2. The maximum Gasteiger partial charge on any atom is 0.338 e. The molecule has 22 heavy (non-hydrogen) atoms. The third-order valence-corrected chi connectivity index (χ3v) is 4.27. The van der Waals surface area contributed by atoms with E-state index in [1.807, 2.05) is 55.5 Å². The molecule has 0 amide bonds. The Hall–Kier alpha value is -2.13. The molecule has 0 aliphatic heterocycles. The normalized spacial score (nSPS) is 10.6. The Labute approximate surface area is 137 Å². The van der Waals surface area contributed by atoms with Gasteiger partial charge in [-0.25, -0.2) is 4.79 Å². The summed E-state index contributed by atoms with van der Waals surface area (Å²) in [6, 6.07) is 19.8. The van der Waals surface area contributed by atoms with Crippen molar-refractivity contribution in [3.8, 4) is 11.1 Å². The molecule has 0 N–H and O–H groups in total. The molecule has 0 aliphatic rings. The molecule has 0 aliphatic carbocycles. The van der Waals surface area contributed by atoms with Crippen LogP contribution < -0.4 is 0 Å². The highest BCUT2D eigenvalue weighted by atomic mass is 79.9. The van der Waals surface area contributed by atoms with Crippen LogP contribution in [0, 0.1) is 0 Å². The van der Waals surface area contributed by atoms with Crippen molar-refractivity contribution in [3.63, 3.8) is 0 Å². The first-order valence-electron chi connectivity index (χ1n) is 7.16. The summed E-state index contributed by atoms with van der Waals surface area (Å²) in [6.07, 6.45) is 0. The van der Waals surface area contributed by atoms with E-state index in [0.29, 0.717) is 12.2 Å². The largest absolute Gasteiger partial charge is 0.462 e. The molecule has 110 valence electrons. The topological polar surface area (TPSA) is 26.3 Å². The summed E-state index contributed by atoms with van der Waals surface area (Å²) in [6.45, 7) is 2.18. The van der Waals surface area contributed by atoms with Crippen LogP contribution in [0.3, 0.4) is 0 Å². The number of fused-ring (bicyclic) bond motifs is 1. The lowest BCUT2D eigenvalue weighted by Crippen LogP contribution is -2.06. The molecule has 3 heteroatoms. The molecule has 0 bridgehead atoms. The molecule has 0 atom stereocenters. The molecule has 0 heterocycles. The zero-order chi connectivity index (χ0) is 15.5. The highest BCUT2D eigenvalue weighted by Gasteiger charge is 2.15. The minimum Gasteiger partial charge on any atom is -0.462 e. The fourth-order valence-corrected chi connectivity index (χ4v) is 3.08. The van der Waals surface area contributed by atoms with E-state index in [-0.39, 0.29) is 5.97 Å². The maximum absolute atomic E-state index is 12.2. The molecule has 0 saturated carbocycles. The highest BCUT2D eigenvalue weighted by Crippen LogP contribution is 2.34. The standard InChI is InChI=1S/C19H15BrO2/c1-2-22-19(21)17-10-6-4-8-14(17)15-11-12-18(20)16-9-5-3-7-13(15)16/h3-12H,2H2,1H3. The Bertz CT molecular complexity index is 840. The van der Waals surface area contributed by atoms with Gasteiger partial charge in [-0.1, -0.05) is 64.5 Å². The van der Waals surface area contributed by atoms with Crippen LogP contribution in [-0.2, 0) is 4.74 Å². The van der Waals surface area contributed by atoms with Crippen LogP contribution in [0.2, 0.25) is 0 Å². The van der Waals surface area contributed by atoms with Gasteiger partial charge in [-0.05, 0) is 41.0 Å². The van der Waals surface area contributed by atoms with Crippen molar-refractivity contribution in [1.29, 1.82) is 0 Å². The average Bonchev–Trinajstić information content (AvgIpc) is 2.56. The number of rotatable bonds is 3. The highest BCUT2D eigenvalue weighted by molar-refractivity contribution is 9.10. The van der Waals surface area contributed by atoms with Gasteiger partial charge in [-0.2, -0.15) is 0 Å². The van der Waals surface area contributed by atoms with Crippen molar-refractivity contribution in [3.05, 3.63) is 70.7 Å². The van der Waals surface area contributed by atoms with Crippen LogP contribution in [0.15, 0.2) is 65.1 Å². The van der Waals surface area contributed by atoms with Gasteiger partial charge in [0.05, 0.1) is 12.2 Å². The fourth-order valence-electron chi connectivity index (χ4n) is 2.60. The third kappa shape index (κ3) is 2.64. The number of carbonyl (C=O) groups excluding carboxylic acids is 1. The van der Waals surface area contributed by atoms with Gasteiger partial charge in [-0.3, -0.25) is 0 Å². The second kappa shape index (κ2) is 6.32. The second-order valence-corrected chi connectivity index (χ2v) is 5.76. The van der Waals surface area contributed by atoms with Crippen molar-refractivity contribution in [2.24, 2.45) is 0 Å². The van der Waals surface area contributed by atoms with E-state index in [0.717, 1.165) is 26.4 Å². The molecule has 0 aromatic heterocycles. The van der Waals surface area contributed by atoms with Crippen LogP contribution in [0.25, 0.3) is 21.9 Å². The number of halogens is 1.